The molecular formula is C12H29NO. The zero-order chi connectivity index (χ0) is 11.2. The lowest BCUT2D eigenvalue weighted by molar-refractivity contribution is 0.122. The van der Waals surface area contributed by atoms with Gasteiger partial charge in [-0.2, -0.15) is 0 Å². The molecule has 0 aromatic rings. The van der Waals surface area contributed by atoms with Crippen LogP contribution in [0.3, 0.4) is 0 Å². The van der Waals surface area contributed by atoms with Gasteiger partial charge in [-0.05, 0) is 32.9 Å². The van der Waals surface area contributed by atoms with Gasteiger partial charge >= 0.3 is 0 Å². The topological polar surface area (TPSA) is 12.5 Å². The van der Waals surface area contributed by atoms with Crippen LogP contribution in [0.5, 0.6) is 0 Å². The molecule has 0 saturated carbocycles. The first-order chi connectivity index (χ1) is 6.93. The molecule has 0 amide bonds. The van der Waals surface area contributed by atoms with E-state index >= 15 is 0 Å². The largest absolute Gasteiger partial charge is 0.380 e. The van der Waals surface area contributed by atoms with E-state index < -0.39 is 0 Å². The molecule has 14 heavy (non-hydrogen) atoms. The fraction of sp³-hybridized carbons (Fsp3) is 1.00. The molecule has 1 rings (SSSR count). The maximum atomic E-state index is 5.25. The van der Waals surface area contributed by atoms with Crippen molar-refractivity contribution in [2.75, 3.05) is 32.8 Å². The average Bonchev–Trinajstić information content (AvgIpc) is 2.77. The van der Waals surface area contributed by atoms with Gasteiger partial charge in [0.25, 0.3) is 0 Å². The Labute approximate surface area is 90.6 Å². The minimum Gasteiger partial charge on any atom is -0.380 e. The van der Waals surface area contributed by atoms with Gasteiger partial charge < -0.3 is 9.64 Å². The Morgan fingerprint density at radius 3 is 1.93 bits per heavy atom. The molecule has 0 aromatic heterocycles. The quantitative estimate of drug-likeness (QED) is 0.651. The Morgan fingerprint density at radius 2 is 1.50 bits per heavy atom. The summed E-state index contributed by atoms with van der Waals surface area (Å²) in [7, 11) is 0. The van der Waals surface area contributed by atoms with Crippen LogP contribution in [0.2, 0.25) is 0 Å². The lowest BCUT2D eigenvalue weighted by atomic mass is 10.4. The molecule has 0 atom stereocenters. The molecule has 88 valence electrons. The van der Waals surface area contributed by atoms with E-state index in [9.17, 15) is 0 Å². The van der Waals surface area contributed by atoms with Crippen LogP contribution in [-0.2, 0) is 4.74 Å². The smallest absolute Gasteiger partial charge is 0.0593 e. The molecule has 0 bridgehead atoms. The van der Waals surface area contributed by atoms with Crippen LogP contribution in [0, 0.1) is 0 Å². The lowest BCUT2D eigenvalue weighted by Crippen LogP contribution is -2.23. The molecule has 1 fully saturated rings. The number of likely N-dealkylation sites (tertiary alicyclic amines) is 1. The zero-order valence-corrected chi connectivity index (χ0v) is 10.8. The fourth-order valence-corrected chi connectivity index (χ4v) is 1.34. The predicted octanol–water partition coefficient (Wildman–Crippen LogP) is 3.17. The van der Waals surface area contributed by atoms with Crippen molar-refractivity contribution in [1.29, 1.82) is 0 Å². The number of hydrogen-bond acceptors (Lipinski definition) is 2. The molecule has 1 aliphatic rings. The number of nitrogens with zero attached hydrogens (tertiary/aromatic N) is 1. The molecule has 0 aliphatic carbocycles. The second kappa shape index (κ2) is 15.4. The highest BCUT2D eigenvalue weighted by atomic mass is 16.5. The molecule has 2 heteroatoms. The number of rotatable bonds is 4. The van der Waals surface area contributed by atoms with E-state index in [1.165, 1.54) is 25.9 Å². The van der Waals surface area contributed by atoms with Gasteiger partial charge in [0.2, 0.25) is 0 Å². The summed E-state index contributed by atoms with van der Waals surface area (Å²) in [5.41, 5.74) is 0. The van der Waals surface area contributed by atoms with E-state index in [4.69, 9.17) is 4.74 Å². The molecule has 0 N–H and O–H groups in total. The highest BCUT2D eigenvalue weighted by Crippen LogP contribution is 2.05. The summed E-state index contributed by atoms with van der Waals surface area (Å²) >= 11 is 0. The van der Waals surface area contributed by atoms with E-state index in [-0.39, 0.29) is 0 Å². The molecule has 0 spiro atoms. The Hall–Kier alpha value is -0.0800. The number of hydrogen-bond donors (Lipinski definition) is 0. The van der Waals surface area contributed by atoms with Crippen molar-refractivity contribution >= 4 is 0 Å². The van der Waals surface area contributed by atoms with Crippen LogP contribution in [0.25, 0.3) is 0 Å². The highest BCUT2D eigenvalue weighted by molar-refractivity contribution is 4.64. The second-order valence-corrected chi connectivity index (χ2v) is 2.75. The van der Waals surface area contributed by atoms with Crippen LogP contribution in [0.15, 0.2) is 0 Å². The van der Waals surface area contributed by atoms with Gasteiger partial charge in [0.05, 0.1) is 6.61 Å². The molecule has 2 nitrogen and oxygen atoms in total. The summed E-state index contributed by atoms with van der Waals surface area (Å²) in [5, 5.41) is 0. The Kier molecular flexibility index (Phi) is 18.0. The Morgan fingerprint density at radius 1 is 1.00 bits per heavy atom. The third-order valence-electron chi connectivity index (χ3n) is 1.95. The third-order valence-corrected chi connectivity index (χ3v) is 1.95. The summed E-state index contributed by atoms with van der Waals surface area (Å²) in [6, 6.07) is 0. The van der Waals surface area contributed by atoms with Crippen LogP contribution in [0.4, 0.5) is 0 Å². The van der Waals surface area contributed by atoms with Gasteiger partial charge in [-0.3, -0.25) is 0 Å². The molecule has 1 aliphatic heterocycles. The van der Waals surface area contributed by atoms with E-state index in [1.54, 1.807) is 0 Å². The highest BCUT2D eigenvalue weighted by Gasteiger charge is 2.09. The van der Waals surface area contributed by atoms with Crippen LogP contribution >= 0.6 is 0 Å². The van der Waals surface area contributed by atoms with Gasteiger partial charge in [-0.25, -0.2) is 0 Å². The summed E-state index contributed by atoms with van der Waals surface area (Å²) in [6.45, 7) is 15.5. The van der Waals surface area contributed by atoms with E-state index in [0.29, 0.717) is 0 Å². The van der Waals surface area contributed by atoms with Gasteiger partial charge in [0, 0.05) is 13.2 Å². The van der Waals surface area contributed by atoms with Crippen LogP contribution < -0.4 is 0 Å². The first-order valence-corrected chi connectivity index (χ1v) is 6.23. The van der Waals surface area contributed by atoms with Crippen molar-refractivity contribution in [3.8, 4) is 0 Å². The van der Waals surface area contributed by atoms with Crippen molar-refractivity contribution < 1.29 is 4.74 Å². The third kappa shape index (κ3) is 10.0. The van der Waals surface area contributed by atoms with Gasteiger partial charge in [0.15, 0.2) is 0 Å². The standard InChI is InChI=1S/C8H17NO.2C2H6/c1-2-10-8-7-9-5-3-4-6-9;2*1-2/h2-8H2,1H3;2*1-2H3. The Balaban J connectivity index is 0. The molecule has 1 saturated heterocycles. The minimum atomic E-state index is 0.855. The summed E-state index contributed by atoms with van der Waals surface area (Å²) in [4.78, 5) is 2.47. The lowest BCUT2D eigenvalue weighted by Gasteiger charge is -2.13. The van der Waals surface area contributed by atoms with E-state index in [0.717, 1.165) is 19.8 Å². The molecule has 0 radical (unpaired) electrons. The summed E-state index contributed by atoms with van der Waals surface area (Å²) in [5.74, 6) is 0. The monoisotopic (exact) mass is 203 g/mol. The maximum absolute atomic E-state index is 5.25. The molecular weight excluding hydrogens is 174 g/mol. The summed E-state index contributed by atoms with van der Waals surface area (Å²) in [6.07, 6.45) is 2.76. The summed E-state index contributed by atoms with van der Waals surface area (Å²) < 4.78 is 5.25. The predicted molar refractivity (Wildman–Crippen MR) is 64.9 cm³/mol. The van der Waals surface area contributed by atoms with Crippen LogP contribution in [-0.4, -0.2) is 37.7 Å². The zero-order valence-electron chi connectivity index (χ0n) is 10.8. The van der Waals surface area contributed by atoms with Crippen molar-refractivity contribution in [2.24, 2.45) is 0 Å². The minimum absolute atomic E-state index is 0.855. The molecule has 0 aromatic carbocycles. The molecule has 0 unspecified atom stereocenters. The Bertz CT molecular complexity index is 80.4. The fourth-order valence-electron chi connectivity index (χ4n) is 1.34. The van der Waals surface area contributed by atoms with E-state index in [1.807, 2.05) is 34.6 Å². The van der Waals surface area contributed by atoms with Gasteiger partial charge in [-0.1, -0.05) is 27.7 Å². The van der Waals surface area contributed by atoms with Crippen LogP contribution in [0.1, 0.15) is 47.5 Å². The van der Waals surface area contributed by atoms with Gasteiger partial charge in [0.1, 0.15) is 0 Å². The first-order valence-electron chi connectivity index (χ1n) is 6.23. The average molecular weight is 203 g/mol. The van der Waals surface area contributed by atoms with E-state index in [2.05, 4.69) is 4.90 Å². The second-order valence-electron chi connectivity index (χ2n) is 2.75. The molecule has 1 heterocycles. The first kappa shape index (κ1) is 16.4. The van der Waals surface area contributed by atoms with Crippen molar-refractivity contribution in [2.45, 2.75) is 47.5 Å². The number of ether oxygens (including phenoxy) is 1. The normalized spacial score (nSPS) is 15.2. The van der Waals surface area contributed by atoms with Crippen molar-refractivity contribution in [3.05, 3.63) is 0 Å². The van der Waals surface area contributed by atoms with Gasteiger partial charge in [-0.15, -0.1) is 0 Å². The maximum Gasteiger partial charge on any atom is 0.0593 e. The van der Waals surface area contributed by atoms with Crippen molar-refractivity contribution in [3.63, 3.8) is 0 Å². The SMILES string of the molecule is CC.CC.CCOCCN1CCCC1. The van der Waals surface area contributed by atoms with Crippen molar-refractivity contribution in [1.82, 2.24) is 4.90 Å².